The van der Waals surface area contributed by atoms with Crippen molar-refractivity contribution in [3.8, 4) is 11.5 Å². The number of carbonyl (C=O) groups excluding carboxylic acids is 3. The van der Waals surface area contributed by atoms with E-state index in [1.165, 1.54) is 44.9 Å². The molecule has 0 radical (unpaired) electrons. The third-order valence-electron chi connectivity index (χ3n) is 7.54. The van der Waals surface area contributed by atoms with Gasteiger partial charge in [0, 0.05) is 54.6 Å². The minimum absolute atomic E-state index is 0.0639. The van der Waals surface area contributed by atoms with Crippen molar-refractivity contribution in [1.29, 1.82) is 0 Å². The smallest absolute Gasteiger partial charge is 0.416 e. The van der Waals surface area contributed by atoms with Crippen LogP contribution >= 0.6 is 11.8 Å². The molecule has 3 aliphatic rings. The van der Waals surface area contributed by atoms with Crippen LogP contribution in [0.25, 0.3) is 0 Å². The summed E-state index contributed by atoms with van der Waals surface area (Å²) in [5, 5.41) is -0.285. The molecule has 0 aromatic heterocycles. The second-order valence-corrected chi connectivity index (χ2v) is 11.1. The van der Waals surface area contributed by atoms with E-state index in [1.807, 2.05) is 7.05 Å². The largest absolute Gasteiger partial charge is 0.493 e. The molecule has 1 fully saturated rings. The third kappa shape index (κ3) is 4.82. The molecule has 2 aromatic carbocycles. The summed E-state index contributed by atoms with van der Waals surface area (Å²) in [5.41, 5.74) is 0.614. The molecule has 11 heteroatoms. The molecule has 2 unspecified atom stereocenters. The molecular weight excluding hydrogens is 535 g/mol. The number of thioether (sulfide) groups is 1. The highest BCUT2D eigenvalue weighted by atomic mass is 32.2. The van der Waals surface area contributed by atoms with Gasteiger partial charge in [-0.05, 0) is 49.0 Å². The summed E-state index contributed by atoms with van der Waals surface area (Å²) in [5.74, 6) is -1.50. The number of allylic oxidation sites excluding steroid dienone is 1. The Kier molecular flexibility index (Phi) is 7.00. The highest BCUT2D eigenvalue weighted by molar-refractivity contribution is 7.99. The molecule has 39 heavy (non-hydrogen) atoms. The lowest BCUT2D eigenvalue weighted by Crippen LogP contribution is -2.66. The van der Waals surface area contributed by atoms with Gasteiger partial charge >= 0.3 is 18.1 Å². The van der Waals surface area contributed by atoms with E-state index >= 15 is 0 Å². The number of esters is 2. The first kappa shape index (κ1) is 27.3. The highest BCUT2D eigenvalue weighted by Gasteiger charge is 2.59. The van der Waals surface area contributed by atoms with Crippen molar-refractivity contribution in [3.63, 3.8) is 0 Å². The Morgan fingerprint density at radius 3 is 2.28 bits per heavy atom. The van der Waals surface area contributed by atoms with Gasteiger partial charge in [0.05, 0.1) is 17.9 Å². The van der Waals surface area contributed by atoms with E-state index in [2.05, 4.69) is 4.90 Å². The van der Waals surface area contributed by atoms with Gasteiger partial charge in [0.1, 0.15) is 0 Å². The molecule has 1 saturated heterocycles. The summed E-state index contributed by atoms with van der Waals surface area (Å²) in [6.45, 7) is 2.47. The lowest BCUT2D eigenvalue weighted by Gasteiger charge is -2.60. The number of halogens is 3. The summed E-state index contributed by atoms with van der Waals surface area (Å²) >= 11 is 1.40. The lowest BCUT2D eigenvalue weighted by molar-refractivity contribution is -0.137. The average molecular weight is 562 g/mol. The predicted molar refractivity (Wildman–Crippen MR) is 135 cm³/mol. The Balaban J connectivity index is 1.67. The number of fused-ring (bicyclic) bond motifs is 2. The molecule has 0 saturated carbocycles. The van der Waals surface area contributed by atoms with Crippen molar-refractivity contribution >= 4 is 29.5 Å². The van der Waals surface area contributed by atoms with E-state index in [9.17, 15) is 27.6 Å². The quantitative estimate of drug-likeness (QED) is 0.360. The normalized spacial score (nSPS) is 25.9. The Labute approximate surface area is 227 Å². The van der Waals surface area contributed by atoms with Crippen LogP contribution in [-0.4, -0.2) is 48.9 Å². The fraction of sp³-hybridized carbons (Fsp3) is 0.393. The van der Waals surface area contributed by atoms with Gasteiger partial charge in [0.15, 0.2) is 23.0 Å². The molecule has 0 amide bonds. The summed E-state index contributed by atoms with van der Waals surface area (Å²) in [6.07, 6.45) is -2.55. The molecule has 7 nitrogen and oxygen atoms in total. The molecule has 5 atom stereocenters. The van der Waals surface area contributed by atoms with Crippen molar-refractivity contribution in [2.75, 3.05) is 14.2 Å². The Morgan fingerprint density at radius 2 is 1.69 bits per heavy atom. The Bertz CT molecular complexity index is 1370. The number of ether oxygens (including phenoxy) is 3. The number of rotatable bonds is 5. The zero-order chi connectivity index (χ0) is 28.2. The molecule has 1 aliphatic heterocycles. The van der Waals surface area contributed by atoms with E-state index < -0.39 is 23.7 Å². The Hall–Kier alpha value is -3.31. The molecule has 2 aliphatic carbocycles. The second kappa shape index (κ2) is 10.0. The third-order valence-corrected chi connectivity index (χ3v) is 8.87. The fourth-order valence-electron chi connectivity index (χ4n) is 6.02. The van der Waals surface area contributed by atoms with Crippen molar-refractivity contribution in [3.05, 3.63) is 64.9 Å². The zero-order valence-corrected chi connectivity index (χ0v) is 22.4. The lowest BCUT2D eigenvalue weighted by atomic mass is 9.62. The van der Waals surface area contributed by atoms with Crippen molar-refractivity contribution in [2.45, 2.75) is 54.6 Å². The monoisotopic (exact) mass is 561 g/mol. The van der Waals surface area contributed by atoms with Gasteiger partial charge in [-0.25, -0.2) is 0 Å². The van der Waals surface area contributed by atoms with E-state index in [0.29, 0.717) is 10.5 Å². The summed E-state index contributed by atoms with van der Waals surface area (Å²) in [6, 6.07) is 8.07. The van der Waals surface area contributed by atoms with Gasteiger partial charge in [0.2, 0.25) is 0 Å². The maximum atomic E-state index is 13.2. The SMILES string of the molecule is COC1=CC2[C@H]3C(CC1=O)c1c(ccc(OC(C)=O)c1OC(C)=O)[C@@H](Sc1ccc(C(F)(F)F)cc1)[C@@H]3N2C. The molecule has 1 heterocycles. The fourth-order valence-corrected chi connectivity index (χ4v) is 7.45. The zero-order valence-electron chi connectivity index (χ0n) is 21.6. The van der Waals surface area contributed by atoms with Crippen LogP contribution in [0, 0.1) is 5.92 Å². The first-order valence-electron chi connectivity index (χ1n) is 12.3. The minimum Gasteiger partial charge on any atom is -0.493 e. The van der Waals surface area contributed by atoms with Gasteiger partial charge in [-0.15, -0.1) is 11.8 Å². The minimum atomic E-state index is -4.44. The number of carbonyl (C=O) groups is 3. The van der Waals surface area contributed by atoms with Crippen LogP contribution < -0.4 is 9.47 Å². The maximum absolute atomic E-state index is 13.2. The standard InChI is InChI=1S/C28H26F3NO6S/c1-13(33)37-21-10-9-17-23(26(21)38-14(2)34)18-11-20(35)22(36-4)12-19-24(18)25(32(19)3)27(17)39-16-7-5-15(6-8-16)28(29,30)31/h5-10,12,18-19,24-25,27H,11H2,1-4H3/t18?,19?,24-,25-,27-/m1/s1. The van der Waals surface area contributed by atoms with Crippen molar-refractivity contribution in [1.82, 2.24) is 4.90 Å². The van der Waals surface area contributed by atoms with Gasteiger partial charge in [-0.3, -0.25) is 19.3 Å². The number of benzene rings is 2. The van der Waals surface area contributed by atoms with Crippen molar-refractivity contribution < 1.29 is 41.8 Å². The van der Waals surface area contributed by atoms with Crippen molar-refractivity contribution in [2.24, 2.45) is 5.92 Å². The van der Waals surface area contributed by atoms with Crippen LogP contribution in [0.4, 0.5) is 13.2 Å². The van der Waals surface area contributed by atoms with Crippen LogP contribution in [0.5, 0.6) is 11.5 Å². The number of Topliss-reactive ketones (excluding diaryl/α,β-unsaturated/α-hetero) is 1. The van der Waals surface area contributed by atoms with Crippen LogP contribution in [0.2, 0.25) is 0 Å². The number of hydrogen-bond acceptors (Lipinski definition) is 8. The van der Waals surface area contributed by atoms with E-state index in [1.54, 1.807) is 18.2 Å². The number of likely N-dealkylation sites (N-methyl/N-ethyl adjacent to an activating group) is 1. The Morgan fingerprint density at radius 1 is 1.03 bits per heavy atom. The summed E-state index contributed by atoms with van der Waals surface area (Å²) < 4.78 is 55.9. The van der Waals surface area contributed by atoms with Crippen LogP contribution in [0.3, 0.4) is 0 Å². The number of likely N-dealkylation sites (tertiary alicyclic amines) is 1. The number of ketones is 1. The maximum Gasteiger partial charge on any atom is 0.416 e. The molecule has 5 rings (SSSR count). The number of methoxy groups -OCH3 is 1. The van der Waals surface area contributed by atoms with E-state index in [-0.39, 0.29) is 58.6 Å². The van der Waals surface area contributed by atoms with Crippen LogP contribution in [-0.2, 0) is 25.3 Å². The predicted octanol–water partition coefficient (Wildman–Crippen LogP) is 5.29. The van der Waals surface area contributed by atoms with Gasteiger partial charge in [0.25, 0.3) is 0 Å². The van der Waals surface area contributed by atoms with Gasteiger partial charge < -0.3 is 14.2 Å². The first-order chi connectivity index (χ1) is 18.4. The highest BCUT2D eigenvalue weighted by Crippen LogP contribution is 2.62. The summed E-state index contributed by atoms with van der Waals surface area (Å²) in [4.78, 5) is 40.0. The molecular formula is C28H26F3NO6S. The van der Waals surface area contributed by atoms with Crippen LogP contribution in [0.15, 0.2) is 53.1 Å². The van der Waals surface area contributed by atoms with Gasteiger partial charge in [-0.1, -0.05) is 6.07 Å². The average Bonchev–Trinajstić information content (AvgIpc) is 2.98. The summed E-state index contributed by atoms with van der Waals surface area (Å²) in [7, 11) is 3.38. The molecule has 2 aromatic rings. The number of hydrogen-bond donors (Lipinski definition) is 0. The molecule has 206 valence electrons. The van der Waals surface area contributed by atoms with Crippen LogP contribution in [0.1, 0.15) is 48.1 Å². The molecule has 0 spiro atoms. The topological polar surface area (TPSA) is 82.1 Å². The van der Waals surface area contributed by atoms with E-state index in [0.717, 1.165) is 17.7 Å². The van der Waals surface area contributed by atoms with Gasteiger partial charge in [-0.2, -0.15) is 13.2 Å². The molecule has 0 bridgehead atoms. The first-order valence-corrected chi connectivity index (χ1v) is 13.2. The second-order valence-electron chi connectivity index (χ2n) is 9.84. The number of alkyl halides is 3. The molecule has 0 N–H and O–H groups in total. The van der Waals surface area contributed by atoms with E-state index in [4.69, 9.17) is 14.2 Å². The number of nitrogens with zero attached hydrogens (tertiary/aromatic N) is 1.